The van der Waals surface area contributed by atoms with Crippen molar-refractivity contribution in [2.75, 3.05) is 34.5 Å². The topological polar surface area (TPSA) is 114 Å². The van der Waals surface area contributed by atoms with Gasteiger partial charge in [0.05, 0.1) is 41.0 Å². The van der Waals surface area contributed by atoms with Gasteiger partial charge in [0.15, 0.2) is 23.1 Å². The molecule has 1 unspecified atom stereocenters. The maximum Gasteiger partial charge on any atom is 0.317 e. The molecule has 1 aliphatic carbocycles. The maximum atomic E-state index is 12.7. The fourth-order valence-corrected chi connectivity index (χ4v) is 3.75. The molecule has 0 aromatic heterocycles. The summed E-state index contributed by atoms with van der Waals surface area (Å²) in [6, 6.07) is 3.08. The van der Waals surface area contributed by atoms with Crippen LogP contribution >= 0.6 is 0 Å². The molecule has 30 heavy (non-hydrogen) atoms. The maximum absolute atomic E-state index is 12.7. The third-order valence-corrected chi connectivity index (χ3v) is 4.94. The zero-order chi connectivity index (χ0) is 22.4. The van der Waals surface area contributed by atoms with Gasteiger partial charge in [-0.3, -0.25) is 19.2 Å². The summed E-state index contributed by atoms with van der Waals surface area (Å²) in [5.41, 5.74) is 0.271. The lowest BCUT2D eigenvalue weighted by Gasteiger charge is -2.34. The number of esters is 2. The van der Waals surface area contributed by atoms with Crippen molar-refractivity contribution in [3.63, 3.8) is 0 Å². The molecule has 0 heterocycles. The molecule has 1 saturated carbocycles. The lowest BCUT2D eigenvalue weighted by Crippen LogP contribution is -2.47. The van der Waals surface area contributed by atoms with Crippen molar-refractivity contribution in [3.05, 3.63) is 17.7 Å². The Kier molecular flexibility index (Phi) is 7.79. The summed E-state index contributed by atoms with van der Waals surface area (Å²) in [6.07, 6.45) is -0.556. The molecule has 0 amide bonds. The van der Waals surface area contributed by atoms with Gasteiger partial charge in [-0.05, 0) is 19.9 Å². The molecular formula is C21H26O9. The minimum Gasteiger partial charge on any atom is -0.493 e. The normalized spacial score (nSPS) is 21.0. The molecule has 164 valence electrons. The number of benzene rings is 1. The molecule has 0 saturated heterocycles. The van der Waals surface area contributed by atoms with E-state index < -0.39 is 47.7 Å². The number of hydrogen-bond donors (Lipinski definition) is 0. The summed E-state index contributed by atoms with van der Waals surface area (Å²) in [5.74, 6) is -6.10. The van der Waals surface area contributed by atoms with Crippen LogP contribution < -0.4 is 14.2 Å². The van der Waals surface area contributed by atoms with Crippen LogP contribution in [0.4, 0.5) is 0 Å². The monoisotopic (exact) mass is 422 g/mol. The van der Waals surface area contributed by atoms with E-state index in [2.05, 4.69) is 0 Å². The second-order valence-electron chi connectivity index (χ2n) is 6.52. The number of carbonyl (C=O) groups is 4. The van der Waals surface area contributed by atoms with E-state index in [1.807, 2.05) is 0 Å². The highest BCUT2D eigenvalue weighted by Gasteiger charge is 2.53. The van der Waals surface area contributed by atoms with Crippen LogP contribution in [0.1, 0.15) is 31.7 Å². The number of Topliss-reactive ketones (excluding diaryl/α,β-unsaturated/α-hetero) is 2. The average molecular weight is 422 g/mol. The molecule has 9 heteroatoms. The molecular weight excluding hydrogens is 396 g/mol. The Labute approximate surface area is 174 Å². The number of methoxy groups -OCH3 is 3. The van der Waals surface area contributed by atoms with Crippen molar-refractivity contribution in [2.45, 2.75) is 26.2 Å². The molecule has 1 aromatic carbocycles. The Bertz CT molecular complexity index is 794. The van der Waals surface area contributed by atoms with Gasteiger partial charge in [0.2, 0.25) is 5.75 Å². The van der Waals surface area contributed by atoms with Crippen molar-refractivity contribution < 1.29 is 42.9 Å². The van der Waals surface area contributed by atoms with Crippen molar-refractivity contribution in [1.29, 1.82) is 0 Å². The highest BCUT2D eigenvalue weighted by atomic mass is 16.5. The standard InChI is InChI=1S/C21H26O9/c1-6-29-20(24)16-12(22)10-13(23)17(21(25)30-7-2)15(16)11-8-9-14(26-3)19(28-5)18(11)27-4/h8-9,15-17H,6-7,10H2,1-5H3/t15?,16-,17+. The molecule has 0 N–H and O–H groups in total. The molecule has 1 aliphatic rings. The summed E-state index contributed by atoms with van der Waals surface area (Å²) < 4.78 is 26.3. The highest BCUT2D eigenvalue weighted by molar-refractivity contribution is 6.17. The smallest absolute Gasteiger partial charge is 0.317 e. The number of ketones is 2. The van der Waals surface area contributed by atoms with Crippen LogP contribution in [0.25, 0.3) is 0 Å². The van der Waals surface area contributed by atoms with Crippen LogP contribution in [-0.4, -0.2) is 58.0 Å². The molecule has 0 radical (unpaired) electrons. The largest absolute Gasteiger partial charge is 0.493 e. The molecule has 0 bridgehead atoms. The van der Waals surface area contributed by atoms with Crippen LogP contribution in [0.15, 0.2) is 12.1 Å². The van der Waals surface area contributed by atoms with Crippen LogP contribution in [0.3, 0.4) is 0 Å². The molecule has 3 atom stereocenters. The summed E-state index contributed by atoms with van der Waals surface area (Å²) in [7, 11) is 4.20. The van der Waals surface area contributed by atoms with Gasteiger partial charge in [-0.25, -0.2) is 0 Å². The summed E-state index contributed by atoms with van der Waals surface area (Å²) in [5, 5.41) is 0. The van der Waals surface area contributed by atoms with Gasteiger partial charge in [0.25, 0.3) is 0 Å². The first-order valence-electron chi connectivity index (χ1n) is 9.53. The van der Waals surface area contributed by atoms with Gasteiger partial charge in [-0.1, -0.05) is 6.07 Å². The van der Waals surface area contributed by atoms with Crippen molar-refractivity contribution >= 4 is 23.5 Å². The van der Waals surface area contributed by atoms with Crippen LogP contribution in [0.5, 0.6) is 17.2 Å². The zero-order valence-corrected chi connectivity index (χ0v) is 17.7. The van der Waals surface area contributed by atoms with E-state index in [-0.39, 0.29) is 30.3 Å². The molecule has 0 spiro atoms. The first kappa shape index (κ1) is 23.2. The van der Waals surface area contributed by atoms with E-state index in [1.54, 1.807) is 19.9 Å². The van der Waals surface area contributed by atoms with Crippen LogP contribution in [-0.2, 0) is 28.7 Å². The quantitative estimate of drug-likeness (QED) is 0.456. The SMILES string of the molecule is CCOC(=O)[C@H]1C(=O)CC(=O)[C@@H](C(=O)OCC)C1c1ccc(OC)c(OC)c1OC. The third-order valence-electron chi connectivity index (χ3n) is 4.94. The Morgan fingerprint density at radius 3 is 1.73 bits per heavy atom. The summed E-state index contributed by atoms with van der Waals surface area (Å²) >= 11 is 0. The Morgan fingerprint density at radius 2 is 1.33 bits per heavy atom. The second-order valence-corrected chi connectivity index (χ2v) is 6.52. The molecule has 9 nitrogen and oxygen atoms in total. The minimum atomic E-state index is -1.37. The molecule has 1 aromatic rings. The lowest BCUT2D eigenvalue weighted by molar-refractivity contribution is -0.161. The fourth-order valence-electron chi connectivity index (χ4n) is 3.75. The van der Waals surface area contributed by atoms with Gasteiger partial charge in [-0.2, -0.15) is 0 Å². The summed E-state index contributed by atoms with van der Waals surface area (Å²) in [6.45, 7) is 3.28. The van der Waals surface area contributed by atoms with E-state index in [1.165, 1.54) is 27.4 Å². The number of carbonyl (C=O) groups excluding carboxylic acids is 4. The van der Waals surface area contributed by atoms with Gasteiger partial charge >= 0.3 is 11.9 Å². The number of hydrogen-bond acceptors (Lipinski definition) is 9. The first-order chi connectivity index (χ1) is 14.4. The highest BCUT2D eigenvalue weighted by Crippen LogP contribution is 2.49. The molecule has 2 rings (SSSR count). The van der Waals surface area contributed by atoms with E-state index >= 15 is 0 Å². The number of rotatable bonds is 8. The van der Waals surface area contributed by atoms with E-state index in [9.17, 15) is 19.2 Å². The van der Waals surface area contributed by atoms with Gasteiger partial charge in [0.1, 0.15) is 11.8 Å². The minimum absolute atomic E-state index is 0.0381. The van der Waals surface area contributed by atoms with Gasteiger partial charge in [-0.15, -0.1) is 0 Å². The van der Waals surface area contributed by atoms with E-state index in [0.29, 0.717) is 5.75 Å². The van der Waals surface area contributed by atoms with E-state index in [0.717, 1.165) is 0 Å². The predicted octanol–water partition coefficient (Wildman–Crippen LogP) is 1.70. The van der Waals surface area contributed by atoms with Crippen molar-refractivity contribution in [2.24, 2.45) is 11.8 Å². The number of ether oxygens (including phenoxy) is 5. The Morgan fingerprint density at radius 1 is 0.833 bits per heavy atom. The Balaban J connectivity index is 2.76. The second kappa shape index (κ2) is 10.1. The van der Waals surface area contributed by atoms with E-state index in [4.69, 9.17) is 23.7 Å². The van der Waals surface area contributed by atoms with Crippen LogP contribution in [0, 0.1) is 11.8 Å². The van der Waals surface area contributed by atoms with Crippen molar-refractivity contribution in [3.8, 4) is 17.2 Å². The lowest BCUT2D eigenvalue weighted by atomic mass is 9.67. The zero-order valence-electron chi connectivity index (χ0n) is 17.7. The summed E-state index contributed by atoms with van der Waals surface area (Å²) in [4.78, 5) is 50.9. The van der Waals surface area contributed by atoms with Gasteiger partial charge < -0.3 is 23.7 Å². The molecule has 0 aliphatic heterocycles. The molecule has 1 fully saturated rings. The Hall–Kier alpha value is -3.10. The van der Waals surface area contributed by atoms with Gasteiger partial charge in [0, 0.05) is 11.5 Å². The third kappa shape index (κ3) is 4.24. The average Bonchev–Trinajstić information content (AvgIpc) is 2.71. The first-order valence-corrected chi connectivity index (χ1v) is 9.53. The van der Waals surface area contributed by atoms with Crippen molar-refractivity contribution in [1.82, 2.24) is 0 Å². The van der Waals surface area contributed by atoms with Crippen LogP contribution in [0.2, 0.25) is 0 Å². The fraction of sp³-hybridized carbons (Fsp3) is 0.524. The predicted molar refractivity (Wildman–Crippen MR) is 104 cm³/mol.